The number of hydrogen-bond donors (Lipinski definition) is 3. The molecule has 3 N–H and O–H groups in total. The molecule has 0 saturated heterocycles. The Balaban J connectivity index is 2.36. The van der Waals surface area contributed by atoms with E-state index in [-0.39, 0.29) is 11.5 Å². The Hall–Kier alpha value is -2.51. The van der Waals surface area contributed by atoms with E-state index in [2.05, 4.69) is 0 Å². The topological polar surface area (TPSA) is 107 Å². The van der Waals surface area contributed by atoms with Gasteiger partial charge in [-0.15, -0.1) is 0 Å². The number of ether oxygens (including phenoxy) is 4. The number of methoxy groups -OCH3 is 4. The standard InChI is InChI=1S/C18H23O8P/c1-22-14-8-7-12(9-15(14)26-27(19,20)21)5-6-13-10-16(23-2)18(25-4)17(11-13)24-3/h5-11,19-21,27H,1-4H3/b6-5+. The van der Waals surface area contributed by atoms with Gasteiger partial charge < -0.3 is 0 Å². The second-order valence-corrected chi connectivity index (χ2v) is 6.73. The summed E-state index contributed by atoms with van der Waals surface area (Å²) in [5, 5.41) is 0. The monoisotopic (exact) mass is 398 g/mol. The Morgan fingerprint density at radius 2 is 1.19 bits per heavy atom. The van der Waals surface area contributed by atoms with E-state index in [4.69, 9.17) is 38.2 Å². The van der Waals surface area contributed by atoms with Crippen molar-refractivity contribution in [2.45, 2.75) is 0 Å². The fourth-order valence-corrected chi connectivity index (χ4v) is 2.87. The molecule has 0 atom stereocenters. The van der Waals surface area contributed by atoms with Crippen LogP contribution in [0, 0.1) is 0 Å². The molecule has 148 valence electrons. The van der Waals surface area contributed by atoms with Crippen LogP contribution in [0.1, 0.15) is 11.1 Å². The van der Waals surface area contributed by atoms with E-state index >= 15 is 0 Å². The average molecular weight is 398 g/mol. The Morgan fingerprint density at radius 1 is 0.667 bits per heavy atom. The van der Waals surface area contributed by atoms with Crippen molar-refractivity contribution in [2.24, 2.45) is 0 Å². The average Bonchev–Trinajstić information content (AvgIpc) is 2.64. The normalized spacial score (nSPS) is 12.0. The van der Waals surface area contributed by atoms with Crippen molar-refractivity contribution in [1.29, 1.82) is 0 Å². The van der Waals surface area contributed by atoms with Crippen molar-refractivity contribution in [1.82, 2.24) is 0 Å². The third-order valence-electron chi connectivity index (χ3n) is 3.59. The van der Waals surface area contributed by atoms with Gasteiger partial charge in [0.15, 0.2) is 0 Å². The molecule has 27 heavy (non-hydrogen) atoms. The molecule has 0 aliphatic heterocycles. The molecular weight excluding hydrogens is 375 g/mol. The van der Waals surface area contributed by atoms with Gasteiger partial charge in [0.2, 0.25) is 0 Å². The molecule has 0 saturated carbocycles. The molecule has 9 heteroatoms. The molecule has 0 fully saturated rings. The first-order chi connectivity index (χ1) is 12.8. The fraction of sp³-hybridized carbons (Fsp3) is 0.222. The summed E-state index contributed by atoms with van der Waals surface area (Å²) in [6, 6.07) is 8.41. The Kier molecular flexibility index (Phi) is 6.87. The van der Waals surface area contributed by atoms with Crippen LogP contribution >= 0.6 is 8.17 Å². The molecule has 0 bridgehead atoms. The van der Waals surface area contributed by atoms with Crippen molar-refractivity contribution in [3.05, 3.63) is 41.5 Å². The van der Waals surface area contributed by atoms with Crippen molar-refractivity contribution in [3.8, 4) is 28.7 Å². The van der Waals surface area contributed by atoms with Crippen LogP contribution in [0.15, 0.2) is 30.3 Å². The summed E-state index contributed by atoms with van der Waals surface area (Å²) in [7, 11) is 1.26. The Labute approximate surface area is 157 Å². The van der Waals surface area contributed by atoms with E-state index in [0.29, 0.717) is 22.8 Å². The molecule has 0 aliphatic rings. The summed E-state index contributed by atoms with van der Waals surface area (Å²) in [4.78, 5) is 27.5. The maximum absolute atomic E-state index is 9.17. The van der Waals surface area contributed by atoms with Crippen molar-refractivity contribution >= 4 is 20.3 Å². The summed E-state index contributed by atoms with van der Waals surface area (Å²) >= 11 is 0. The van der Waals surface area contributed by atoms with Crippen molar-refractivity contribution < 1.29 is 38.2 Å². The molecule has 0 spiro atoms. The van der Waals surface area contributed by atoms with Crippen LogP contribution in [0.5, 0.6) is 28.7 Å². The predicted molar refractivity (Wildman–Crippen MR) is 104 cm³/mol. The molecule has 0 aromatic heterocycles. The summed E-state index contributed by atoms with van der Waals surface area (Å²) in [5.41, 5.74) is 1.47. The summed E-state index contributed by atoms with van der Waals surface area (Å²) in [6.07, 6.45) is 3.57. The molecular formula is C18H23O8P. The third kappa shape index (κ3) is 5.48. The SMILES string of the molecule is COc1ccc(/C=C/c2cc(OC)c(OC)c(OC)c2)cc1O[PH](O)(O)O. The van der Waals surface area contributed by atoms with Crippen LogP contribution < -0.4 is 23.5 Å². The van der Waals surface area contributed by atoms with Crippen LogP contribution in [-0.4, -0.2) is 43.1 Å². The fourth-order valence-electron chi connectivity index (χ4n) is 2.41. The first kappa shape index (κ1) is 20.8. The van der Waals surface area contributed by atoms with Crippen molar-refractivity contribution in [2.75, 3.05) is 28.4 Å². The van der Waals surface area contributed by atoms with E-state index in [9.17, 15) is 0 Å². The van der Waals surface area contributed by atoms with E-state index in [1.165, 1.54) is 34.5 Å². The van der Waals surface area contributed by atoms with Crippen LogP contribution in [-0.2, 0) is 0 Å². The Morgan fingerprint density at radius 3 is 1.67 bits per heavy atom. The van der Waals surface area contributed by atoms with Crippen LogP contribution in [0.2, 0.25) is 0 Å². The predicted octanol–water partition coefficient (Wildman–Crippen LogP) is 2.66. The third-order valence-corrected chi connectivity index (χ3v) is 4.08. The summed E-state index contributed by atoms with van der Waals surface area (Å²) in [6.45, 7) is 0. The molecule has 0 radical (unpaired) electrons. The van der Waals surface area contributed by atoms with Gasteiger partial charge in [0.1, 0.15) is 0 Å². The zero-order valence-electron chi connectivity index (χ0n) is 15.4. The van der Waals surface area contributed by atoms with Crippen LogP contribution in [0.3, 0.4) is 0 Å². The van der Waals surface area contributed by atoms with Gasteiger partial charge in [0.05, 0.1) is 0 Å². The second kappa shape index (κ2) is 8.92. The number of benzene rings is 2. The molecule has 0 aliphatic carbocycles. The first-order valence-corrected chi connectivity index (χ1v) is 9.58. The minimum atomic E-state index is -4.74. The van der Waals surface area contributed by atoms with E-state index in [1.807, 2.05) is 0 Å². The van der Waals surface area contributed by atoms with Crippen LogP contribution in [0.4, 0.5) is 0 Å². The molecule has 2 aromatic rings. The van der Waals surface area contributed by atoms with Gasteiger partial charge in [-0.1, -0.05) is 0 Å². The molecule has 2 aromatic carbocycles. The quantitative estimate of drug-likeness (QED) is 0.460. The van der Waals surface area contributed by atoms with Gasteiger partial charge in [-0.3, -0.25) is 0 Å². The first-order valence-electron chi connectivity index (χ1n) is 7.83. The minimum absolute atomic E-state index is 0.0173. The van der Waals surface area contributed by atoms with E-state index in [1.54, 1.807) is 36.4 Å². The van der Waals surface area contributed by atoms with E-state index < -0.39 is 8.17 Å². The Bertz CT molecular complexity index is 788. The van der Waals surface area contributed by atoms with Crippen LogP contribution in [0.25, 0.3) is 12.2 Å². The zero-order valence-corrected chi connectivity index (χ0v) is 16.4. The number of hydrogen-bond acceptors (Lipinski definition) is 8. The molecule has 0 unspecified atom stereocenters. The molecule has 8 nitrogen and oxygen atoms in total. The van der Waals surface area contributed by atoms with Gasteiger partial charge in [-0.25, -0.2) is 0 Å². The van der Waals surface area contributed by atoms with Crippen molar-refractivity contribution in [3.63, 3.8) is 0 Å². The van der Waals surface area contributed by atoms with E-state index in [0.717, 1.165) is 5.56 Å². The van der Waals surface area contributed by atoms with Gasteiger partial charge in [-0.05, 0) is 0 Å². The molecule has 2 rings (SSSR count). The van der Waals surface area contributed by atoms with Gasteiger partial charge in [0.25, 0.3) is 0 Å². The summed E-state index contributed by atoms with van der Waals surface area (Å²) < 4.78 is 25.8. The second-order valence-electron chi connectivity index (χ2n) is 5.38. The number of rotatable bonds is 8. The zero-order chi connectivity index (χ0) is 20.0. The van der Waals surface area contributed by atoms with Gasteiger partial charge in [0, 0.05) is 0 Å². The van der Waals surface area contributed by atoms with Gasteiger partial charge in [-0.2, -0.15) is 0 Å². The molecule has 0 heterocycles. The molecule has 0 amide bonds. The van der Waals surface area contributed by atoms with Gasteiger partial charge >= 0.3 is 157 Å². The summed E-state index contributed by atoms with van der Waals surface area (Å²) in [5.74, 6) is 1.81. The maximum atomic E-state index is 9.17.